The van der Waals surface area contributed by atoms with Crippen molar-refractivity contribution in [2.45, 2.75) is 25.5 Å². The van der Waals surface area contributed by atoms with Gasteiger partial charge in [-0.2, -0.15) is 0 Å². The smallest absolute Gasteiger partial charge is 0.268 e. The number of aromatic nitrogens is 1. The van der Waals surface area contributed by atoms with Crippen molar-refractivity contribution in [3.8, 4) is 17.0 Å². The first-order chi connectivity index (χ1) is 18.2. The molecule has 4 nitrogen and oxygen atoms in total. The zero-order chi connectivity index (χ0) is 25.2. The Kier molecular flexibility index (Phi) is 6.29. The lowest BCUT2D eigenvalue weighted by Crippen LogP contribution is -2.46. The number of hydrogen-bond acceptors (Lipinski definition) is 4. The highest BCUT2D eigenvalue weighted by Gasteiger charge is 2.37. The normalized spacial score (nSPS) is 14.9. The Balaban J connectivity index is 1.42. The lowest BCUT2D eigenvalue weighted by Gasteiger charge is -2.39. The summed E-state index contributed by atoms with van der Waals surface area (Å²) in [6.45, 7) is 1.82. The van der Waals surface area contributed by atoms with Crippen LogP contribution < -0.4 is 9.64 Å². The molecule has 2 heterocycles. The Morgan fingerprint density at radius 3 is 2.14 bits per heavy atom. The number of fused-ring (bicyclic) bond motifs is 1. The summed E-state index contributed by atoms with van der Waals surface area (Å²) in [6.07, 6.45) is 0.219. The molecule has 1 aromatic heterocycles. The Bertz CT molecular complexity index is 1480. The molecule has 0 spiro atoms. The quantitative estimate of drug-likeness (QED) is 0.245. The maximum Gasteiger partial charge on any atom is 0.268 e. The van der Waals surface area contributed by atoms with Crippen molar-refractivity contribution in [1.29, 1.82) is 0 Å². The predicted octanol–water partition coefficient (Wildman–Crippen LogP) is 7.30. The van der Waals surface area contributed by atoms with E-state index < -0.39 is 6.10 Å². The van der Waals surface area contributed by atoms with Crippen molar-refractivity contribution >= 4 is 22.9 Å². The van der Waals surface area contributed by atoms with Gasteiger partial charge in [0.25, 0.3) is 5.91 Å². The predicted molar refractivity (Wildman–Crippen MR) is 149 cm³/mol. The number of amides is 1. The molecule has 0 saturated carbocycles. The molecule has 0 bridgehead atoms. The number of ether oxygens (including phenoxy) is 1. The molecule has 0 fully saturated rings. The van der Waals surface area contributed by atoms with Gasteiger partial charge in [-0.05, 0) is 41.8 Å². The summed E-state index contributed by atoms with van der Waals surface area (Å²) in [5.74, 6) is 0.637. The van der Waals surface area contributed by atoms with Crippen molar-refractivity contribution in [2.24, 2.45) is 0 Å². The molecule has 1 amide bonds. The number of carbonyl (C=O) groups is 1. The highest BCUT2D eigenvalue weighted by atomic mass is 32.1. The van der Waals surface area contributed by atoms with E-state index in [9.17, 15) is 4.79 Å². The molecule has 1 atom stereocenters. The number of nitrogens with zero attached hydrogens (tertiary/aromatic N) is 2. The van der Waals surface area contributed by atoms with E-state index in [0.29, 0.717) is 5.75 Å². The standard InChI is InChI=1S/C32H26N2O2S/c1-22-32(35)34(31(24-13-7-3-8-14-24)25-15-9-4-10-16-25)28-20-26(17-18-29(28)36-22)27-21-37-30(33-27)19-23-11-5-2-6-12-23/h2-18,20-22,31H,19H2,1H3. The largest absolute Gasteiger partial charge is 0.479 e. The SMILES string of the molecule is CC1Oc2ccc(-c3csc(Cc4ccccc4)n3)cc2N(C(c2ccccc2)c2ccccc2)C1=O. The number of rotatable bonds is 6. The molecular formula is C32H26N2O2S. The molecule has 6 rings (SSSR count). The van der Waals surface area contributed by atoms with E-state index in [1.54, 1.807) is 11.3 Å². The number of benzene rings is 4. The molecule has 182 valence electrons. The number of anilines is 1. The van der Waals surface area contributed by atoms with Crippen LogP contribution in [0.1, 0.15) is 34.7 Å². The van der Waals surface area contributed by atoms with E-state index in [0.717, 1.165) is 39.5 Å². The van der Waals surface area contributed by atoms with E-state index >= 15 is 0 Å². The summed E-state index contributed by atoms with van der Waals surface area (Å²) >= 11 is 1.66. The molecule has 1 aliphatic rings. The summed E-state index contributed by atoms with van der Waals surface area (Å²) in [6, 6.07) is 36.5. The highest BCUT2D eigenvalue weighted by molar-refractivity contribution is 7.10. The minimum atomic E-state index is -0.579. The van der Waals surface area contributed by atoms with Gasteiger partial charge in [0, 0.05) is 17.4 Å². The minimum absolute atomic E-state index is 0.0644. The lowest BCUT2D eigenvalue weighted by molar-refractivity contribution is -0.126. The maximum absolute atomic E-state index is 13.7. The van der Waals surface area contributed by atoms with Crippen LogP contribution in [0.15, 0.2) is 115 Å². The van der Waals surface area contributed by atoms with E-state index in [-0.39, 0.29) is 11.9 Å². The summed E-state index contributed by atoms with van der Waals surface area (Å²) < 4.78 is 6.06. The van der Waals surface area contributed by atoms with Crippen molar-refractivity contribution in [3.63, 3.8) is 0 Å². The lowest BCUT2D eigenvalue weighted by atomic mass is 9.94. The average Bonchev–Trinajstić information content (AvgIpc) is 3.41. The summed E-state index contributed by atoms with van der Waals surface area (Å²) in [4.78, 5) is 20.5. The number of thiazole rings is 1. The van der Waals surface area contributed by atoms with Crippen molar-refractivity contribution in [3.05, 3.63) is 136 Å². The van der Waals surface area contributed by atoms with Crippen LogP contribution in [-0.4, -0.2) is 17.0 Å². The Labute approximate surface area is 220 Å². The van der Waals surface area contributed by atoms with E-state index in [4.69, 9.17) is 9.72 Å². The first-order valence-electron chi connectivity index (χ1n) is 12.4. The Morgan fingerprint density at radius 1 is 0.865 bits per heavy atom. The van der Waals surface area contributed by atoms with Gasteiger partial charge in [-0.15, -0.1) is 11.3 Å². The Hall–Kier alpha value is -4.22. The van der Waals surface area contributed by atoms with Gasteiger partial charge in [0.1, 0.15) is 5.75 Å². The van der Waals surface area contributed by atoms with Crippen LogP contribution in [0.2, 0.25) is 0 Å². The number of hydrogen-bond donors (Lipinski definition) is 0. The third-order valence-corrected chi connectivity index (χ3v) is 7.49. The fourth-order valence-corrected chi connectivity index (χ4v) is 5.68. The van der Waals surface area contributed by atoms with Crippen molar-refractivity contribution in [1.82, 2.24) is 4.98 Å². The van der Waals surface area contributed by atoms with Gasteiger partial charge < -0.3 is 4.74 Å². The number of carbonyl (C=O) groups excluding carboxylic acids is 1. The molecule has 0 saturated heterocycles. The molecule has 37 heavy (non-hydrogen) atoms. The first-order valence-corrected chi connectivity index (χ1v) is 13.3. The molecule has 1 aliphatic heterocycles. The highest BCUT2D eigenvalue weighted by Crippen LogP contribution is 2.43. The first kappa shape index (κ1) is 23.2. The van der Waals surface area contributed by atoms with Gasteiger partial charge in [0.15, 0.2) is 6.10 Å². The van der Waals surface area contributed by atoms with Crippen LogP contribution >= 0.6 is 11.3 Å². The van der Waals surface area contributed by atoms with Gasteiger partial charge >= 0.3 is 0 Å². The van der Waals surface area contributed by atoms with Gasteiger partial charge in [-0.25, -0.2) is 4.98 Å². The van der Waals surface area contributed by atoms with Crippen LogP contribution in [0.4, 0.5) is 5.69 Å². The fourth-order valence-electron chi connectivity index (χ4n) is 4.84. The maximum atomic E-state index is 13.7. The Morgan fingerprint density at radius 2 is 1.49 bits per heavy atom. The van der Waals surface area contributed by atoms with E-state index in [2.05, 4.69) is 53.9 Å². The van der Waals surface area contributed by atoms with Gasteiger partial charge in [-0.3, -0.25) is 9.69 Å². The monoisotopic (exact) mass is 502 g/mol. The molecule has 0 aliphatic carbocycles. The second-order valence-electron chi connectivity index (χ2n) is 9.16. The topological polar surface area (TPSA) is 42.4 Å². The second kappa shape index (κ2) is 10.0. The van der Waals surface area contributed by atoms with E-state index in [1.165, 1.54) is 5.56 Å². The van der Waals surface area contributed by atoms with E-state index in [1.807, 2.05) is 72.5 Å². The third-order valence-electron chi connectivity index (χ3n) is 6.64. The van der Waals surface area contributed by atoms with Gasteiger partial charge in [0.05, 0.1) is 22.4 Å². The zero-order valence-electron chi connectivity index (χ0n) is 20.5. The molecular weight excluding hydrogens is 476 g/mol. The molecule has 0 radical (unpaired) electrons. The van der Waals surface area contributed by atoms with Crippen molar-refractivity contribution in [2.75, 3.05) is 4.90 Å². The molecule has 5 heteroatoms. The third kappa shape index (κ3) is 4.66. The average molecular weight is 503 g/mol. The fraction of sp³-hybridized carbons (Fsp3) is 0.125. The van der Waals surface area contributed by atoms with Crippen LogP contribution in [0.3, 0.4) is 0 Å². The minimum Gasteiger partial charge on any atom is -0.479 e. The van der Waals surface area contributed by atoms with Gasteiger partial charge in [-0.1, -0.05) is 91.0 Å². The molecule has 4 aromatic carbocycles. The van der Waals surface area contributed by atoms with Crippen LogP contribution in [0.25, 0.3) is 11.3 Å². The van der Waals surface area contributed by atoms with Crippen LogP contribution in [-0.2, 0) is 11.2 Å². The zero-order valence-corrected chi connectivity index (χ0v) is 21.3. The summed E-state index contributed by atoms with van der Waals surface area (Å²) in [5, 5.41) is 3.15. The van der Waals surface area contributed by atoms with Crippen LogP contribution in [0, 0.1) is 0 Å². The molecule has 1 unspecified atom stereocenters. The second-order valence-corrected chi connectivity index (χ2v) is 10.1. The van der Waals surface area contributed by atoms with Crippen LogP contribution in [0.5, 0.6) is 5.75 Å². The molecule has 5 aromatic rings. The summed E-state index contributed by atoms with van der Waals surface area (Å²) in [5.41, 5.74) is 5.96. The molecule has 0 N–H and O–H groups in total. The summed E-state index contributed by atoms with van der Waals surface area (Å²) in [7, 11) is 0. The van der Waals surface area contributed by atoms with Gasteiger partial charge in [0.2, 0.25) is 0 Å². The van der Waals surface area contributed by atoms with Crippen molar-refractivity contribution < 1.29 is 9.53 Å².